The first-order chi connectivity index (χ1) is 8.03. The number of sulfonamides is 1. The maximum atomic E-state index is 11.2. The zero-order valence-electron chi connectivity index (χ0n) is 9.72. The molecule has 0 amide bonds. The molecule has 0 saturated heterocycles. The minimum absolute atomic E-state index is 0.191. The molecule has 0 heterocycles. The monoisotopic (exact) mass is 259 g/mol. The van der Waals surface area contributed by atoms with Crippen LogP contribution in [0.25, 0.3) is 0 Å². The van der Waals surface area contributed by atoms with E-state index in [1.54, 1.807) is 0 Å². The van der Waals surface area contributed by atoms with Crippen LogP contribution in [-0.2, 0) is 10.0 Å². The molecule has 1 aromatic rings. The van der Waals surface area contributed by atoms with E-state index in [1.165, 1.54) is 0 Å². The fraction of sp³-hybridized carbons (Fsp3) is 0.455. The van der Waals surface area contributed by atoms with Crippen LogP contribution in [0.1, 0.15) is 5.56 Å². The molecule has 1 rings (SSSR count). The van der Waals surface area contributed by atoms with Gasteiger partial charge in [0.2, 0.25) is 10.0 Å². The molecule has 0 spiro atoms. The van der Waals surface area contributed by atoms with Gasteiger partial charge in [0.1, 0.15) is 12.4 Å². The standard InChI is InChI=1S/C11H17NO4S/c1-10-3-2-4-11(9-10)16-7-5-12-17(14,15)8-6-13/h2-4,9,12-13H,5-8H2,1H3. The summed E-state index contributed by atoms with van der Waals surface area (Å²) < 4.78 is 30.0. The van der Waals surface area contributed by atoms with Crippen molar-refractivity contribution in [1.29, 1.82) is 0 Å². The van der Waals surface area contributed by atoms with E-state index in [0.717, 1.165) is 5.56 Å². The lowest BCUT2D eigenvalue weighted by molar-refractivity contribution is 0.315. The number of hydrogen-bond acceptors (Lipinski definition) is 4. The lowest BCUT2D eigenvalue weighted by Crippen LogP contribution is -2.31. The molecule has 0 radical (unpaired) electrons. The SMILES string of the molecule is Cc1cccc(OCCNS(=O)(=O)CCO)c1. The fourth-order valence-corrected chi connectivity index (χ4v) is 2.04. The Hall–Kier alpha value is -1.11. The molecular formula is C11H17NO4S. The molecule has 0 unspecified atom stereocenters. The Morgan fingerprint density at radius 2 is 2.18 bits per heavy atom. The van der Waals surface area contributed by atoms with Gasteiger partial charge in [-0.25, -0.2) is 13.1 Å². The van der Waals surface area contributed by atoms with Crippen LogP contribution in [0.4, 0.5) is 0 Å². The first-order valence-electron chi connectivity index (χ1n) is 5.31. The van der Waals surface area contributed by atoms with Crippen molar-refractivity contribution in [2.75, 3.05) is 25.5 Å². The molecule has 0 aliphatic rings. The second kappa shape index (κ2) is 6.58. The van der Waals surface area contributed by atoms with Gasteiger partial charge >= 0.3 is 0 Å². The van der Waals surface area contributed by atoms with Gasteiger partial charge in [-0.05, 0) is 24.6 Å². The topological polar surface area (TPSA) is 75.6 Å². The van der Waals surface area contributed by atoms with Gasteiger partial charge in [-0.15, -0.1) is 0 Å². The lowest BCUT2D eigenvalue weighted by Gasteiger charge is -2.08. The summed E-state index contributed by atoms with van der Waals surface area (Å²) in [4.78, 5) is 0. The Kier molecular flexibility index (Phi) is 5.40. The number of aliphatic hydroxyl groups is 1. The highest BCUT2D eigenvalue weighted by atomic mass is 32.2. The number of benzene rings is 1. The Morgan fingerprint density at radius 3 is 2.82 bits per heavy atom. The van der Waals surface area contributed by atoms with E-state index in [2.05, 4.69) is 4.72 Å². The predicted octanol–water partition coefficient (Wildman–Crippen LogP) is 0.286. The molecule has 0 aliphatic heterocycles. The van der Waals surface area contributed by atoms with E-state index >= 15 is 0 Å². The van der Waals surface area contributed by atoms with E-state index in [0.29, 0.717) is 5.75 Å². The summed E-state index contributed by atoms with van der Waals surface area (Å²) in [6, 6.07) is 7.52. The maximum absolute atomic E-state index is 11.2. The van der Waals surface area contributed by atoms with Crippen molar-refractivity contribution >= 4 is 10.0 Å². The summed E-state index contributed by atoms with van der Waals surface area (Å²) in [5.74, 6) is 0.434. The number of ether oxygens (including phenoxy) is 1. The third kappa shape index (κ3) is 5.67. The molecule has 17 heavy (non-hydrogen) atoms. The van der Waals surface area contributed by atoms with Crippen molar-refractivity contribution in [2.24, 2.45) is 0 Å². The fourth-order valence-electron chi connectivity index (χ4n) is 1.26. The summed E-state index contributed by atoms with van der Waals surface area (Å²) in [6.07, 6.45) is 0. The van der Waals surface area contributed by atoms with E-state index in [-0.39, 0.29) is 25.5 Å². The first kappa shape index (κ1) is 14.0. The van der Waals surface area contributed by atoms with Crippen molar-refractivity contribution < 1.29 is 18.3 Å². The van der Waals surface area contributed by atoms with Crippen LogP contribution >= 0.6 is 0 Å². The summed E-state index contributed by atoms with van der Waals surface area (Å²) in [7, 11) is -3.37. The van der Waals surface area contributed by atoms with Gasteiger partial charge in [-0.3, -0.25) is 0 Å². The molecule has 0 bridgehead atoms. The van der Waals surface area contributed by atoms with Gasteiger partial charge in [0, 0.05) is 6.54 Å². The van der Waals surface area contributed by atoms with Crippen LogP contribution in [0.15, 0.2) is 24.3 Å². The van der Waals surface area contributed by atoms with E-state index < -0.39 is 10.0 Å². The minimum Gasteiger partial charge on any atom is -0.492 e. The van der Waals surface area contributed by atoms with Crippen molar-refractivity contribution in [2.45, 2.75) is 6.92 Å². The largest absolute Gasteiger partial charge is 0.492 e. The van der Waals surface area contributed by atoms with Gasteiger partial charge in [-0.1, -0.05) is 12.1 Å². The van der Waals surface area contributed by atoms with Gasteiger partial charge in [0.25, 0.3) is 0 Å². The number of aliphatic hydroxyl groups excluding tert-OH is 1. The molecular weight excluding hydrogens is 242 g/mol. The molecule has 6 heteroatoms. The molecule has 0 aromatic heterocycles. The van der Waals surface area contributed by atoms with Gasteiger partial charge in [0.15, 0.2) is 0 Å². The molecule has 96 valence electrons. The van der Waals surface area contributed by atoms with Crippen molar-refractivity contribution in [3.63, 3.8) is 0 Å². The van der Waals surface area contributed by atoms with Crippen LogP contribution in [0.3, 0.4) is 0 Å². The summed E-state index contributed by atoms with van der Waals surface area (Å²) in [6.45, 7) is 2.02. The number of rotatable bonds is 7. The highest BCUT2D eigenvalue weighted by molar-refractivity contribution is 7.89. The van der Waals surface area contributed by atoms with E-state index in [1.807, 2.05) is 31.2 Å². The Bertz CT molecular complexity index is 445. The van der Waals surface area contributed by atoms with E-state index in [4.69, 9.17) is 9.84 Å². The lowest BCUT2D eigenvalue weighted by atomic mass is 10.2. The first-order valence-corrected chi connectivity index (χ1v) is 6.96. The second-order valence-corrected chi connectivity index (χ2v) is 5.53. The normalized spacial score (nSPS) is 11.4. The quantitative estimate of drug-likeness (QED) is 0.690. The summed E-state index contributed by atoms with van der Waals surface area (Å²) in [5.41, 5.74) is 1.09. The van der Waals surface area contributed by atoms with Crippen molar-refractivity contribution in [1.82, 2.24) is 4.72 Å². The molecule has 5 nitrogen and oxygen atoms in total. The molecule has 0 atom stereocenters. The Labute approximate surface area is 101 Å². The third-order valence-electron chi connectivity index (χ3n) is 2.04. The van der Waals surface area contributed by atoms with Gasteiger partial charge < -0.3 is 9.84 Å². The highest BCUT2D eigenvalue weighted by Gasteiger charge is 2.07. The smallest absolute Gasteiger partial charge is 0.213 e. The van der Waals surface area contributed by atoms with E-state index in [9.17, 15) is 8.42 Å². The minimum atomic E-state index is -3.37. The zero-order valence-corrected chi connectivity index (χ0v) is 10.5. The average molecular weight is 259 g/mol. The predicted molar refractivity (Wildman–Crippen MR) is 65.5 cm³/mol. The van der Waals surface area contributed by atoms with Gasteiger partial charge in [-0.2, -0.15) is 0 Å². The van der Waals surface area contributed by atoms with Crippen LogP contribution in [0, 0.1) is 6.92 Å². The second-order valence-electron chi connectivity index (χ2n) is 3.60. The molecule has 1 aromatic carbocycles. The molecule has 2 N–H and O–H groups in total. The van der Waals surface area contributed by atoms with Crippen molar-refractivity contribution in [3.8, 4) is 5.75 Å². The summed E-state index contributed by atoms with van der Waals surface area (Å²) >= 11 is 0. The molecule has 0 saturated carbocycles. The number of hydrogen-bond donors (Lipinski definition) is 2. The Balaban J connectivity index is 2.29. The van der Waals surface area contributed by atoms with Crippen LogP contribution in [0.2, 0.25) is 0 Å². The highest BCUT2D eigenvalue weighted by Crippen LogP contribution is 2.11. The third-order valence-corrected chi connectivity index (χ3v) is 3.41. The number of nitrogens with one attached hydrogen (secondary N) is 1. The zero-order chi connectivity index (χ0) is 12.7. The average Bonchev–Trinajstić information content (AvgIpc) is 2.24. The van der Waals surface area contributed by atoms with Gasteiger partial charge in [0.05, 0.1) is 12.4 Å². The molecule has 0 aliphatic carbocycles. The summed E-state index contributed by atoms with van der Waals surface area (Å²) in [5, 5.41) is 8.52. The van der Waals surface area contributed by atoms with Crippen LogP contribution in [0.5, 0.6) is 5.75 Å². The maximum Gasteiger partial charge on any atom is 0.213 e. The number of aryl methyl sites for hydroxylation is 1. The van der Waals surface area contributed by atoms with Crippen molar-refractivity contribution in [3.05, 3.63) is 29.8 Å². The van der Waals surface area contributed by atoms with Crippen LogP contribution < -0.4 is 9.46 Å². The van der Waals surface area contributed by atoms with Crippen LogP contribution in [-0.4, -0.2) is 39.0 Å². The molecule has 0 fully saturated rings. The Morgan fingerprint density at radius 1 is 1.41 bits per heavy atom.